The Kier molecular flexibility index (Phi) is 16.1. The van der Waals surface area contributed by atoms with Crippen molar-refractivity contribution >= 4 is 17.9 Å². The lowest BCUT2D eigenvalue weighted by molar-refractivity contribution is -0.153. The quantitative estimate of drug-likeness (QED) is 0.0788. The Balaban J connectivity index is 0.000000266. The minimum Gasteiger partial charge on any atom is -0.442 e. The maximum Gasteiger partial charge on any atom is 0.334 e. The molecule has 8 unspecified atom stereocenters. The fraction of sp³-hybridized carbons (Fsp3) is 0.533. The fourth-order valence-electron chi connectivity index (χ4n) is 6.94. The third-order valence-electron chi connectivity index (χ3n) is 9.75. The first kappa shape index (κ1) is 42.7. The Morgan fingerprint density at radius 3 is 1.37 bits per heavy atom. The van der Waals surface area contributed by atoms with E-state index in [1.165, 1.54) is 6.42 Å². The molecule has 51 heavy (non-hydrogen) atoms. The van der Waals surface area contributed by atoms with E-state index in [2.05, 4.69) is 91.7 Å². The molecule has 0 aromatic carbocycles. The third kappa shape index (κ3) is 12.1. The number of carbonyl (C=O) groups excluding carboxylic acids is 3. The second-order valence-electron chi connectivity index (χ2n) is 14.4. The number of ether oxygens (including phenoxy) is 3. The van der Waals surface area contributed by atoms with Gasteiger partial charge >= 0.3 is 17.9 Å². The molecule has 1 fully saturated rings. The van der Waals surface area contributed by atoms with E-state index in [9.17, 15) is 14.4 Å². The van der Waals surface area contributed by atoms with Gasteiger partial charge in [0, 0.05) is 34.5 Å². The van der Waals surface area contributed by atoms with Gasteiger partial charge in [0.2, 0.25) is 0 Å². The molecule has 0 aromatic rings. The largest absolute Gasteiger partial charge is 0.442 e. The van der Waals surface area contributed by atoms with Gasteiger partial charge in [0.15, 0.2) is 16.8 Å². The van der Waals surface area contributed by atoms with Gasteiger partial charge in [-0.25, -0.2) is 14.4 Å². The molecular weight excluding hydrogens is 636 g/mol. The number of allylic oxidation sites excluding steroid dienone is 4. The summed E-state index contributed by atoms with van der Waals surface area (Å²) in [5.41, 5.74) is -0.896. The maximum atomic E-state index is 11.8. The fourth-order valence-corrected chi connectivity index (χ4v) is 6.94. The lowest BCUT2D eigenvalue weighted by Gasteiger charge is -2.34. The Hall–Kier alpha value is -4.47. The number of fused-ring (bicyclic) bond motifs is 2. The Morgan fingerprint density at radius 1 is 0.608 bits per heavy atom. The molecule has 0 spiro atoms. The zero-order valence-corrected chi connectivity index (χ0v) is 32.4. The van der Waals surface area contributed by atoms with Gasteiger partial charge in [-0.2, -0.15) is 0 Å². The van der Waals surface area contributed by atoms with Crippen molar-refractivity contribution in [1.82, 2.24) is 0 Å². The molecule has 0 amide bonds. The van der Waals surface area contributed by atoms with Crippen LogP contribution in [0.4, 0.5) is 0 Å². The van der Waals surface area contributed by atoms with Crippen LogP contribution in [0.3, 0.4) is 0 Å². The van der Waals surface area contributed by atoms with Gasteiger partial charge in [0.05, 0.1) is 0 Å². The number of hydrogen-bond acceptors (Lipinski definition) is 6. The summed E-state index contributed by atoms with van der Waals surface area (Å²) >= 11 is 0. The van der Waals surface area contributed by atoms with E-state index in [1.54, 1.807) is 41.5 Å². The van der Waals surface area contributed by atoms with Gasteiger partial charge in [0.25, 0.3) is 0 Å². The van der Waals surface area contributed by atoms with Crippen LogP contribution < -0.4 is 0 Å². The summed E-state index contributed by atoms with van der Waals surface area (Å²) < 4.78 is 16.6. The summed E-state index contributed by atoms with van der Waals surface area (Å²) in [6.07, 6.45) is 20.4. The van der Waals surface area contributed by atoms with Gasteiger partial charge in [-0.3, -0.25) is 0 Å². The van der Waals surface area contributed by atoms with Gasteiger partial charge in [-0.05, 0) is 119 Å². The Morgan fingerprint density at radius 2 is 1.04 bits per heavy atom. The van der Waals surface area contributed by atoms with Crippen molar-refractivity contribution in [2.24, 2.45) is 29.6 Å². The highest BCUT2D eigenvalue weighted by Gasteiger charge is 2.48. The van der Waals surface area contributed by atoms with Crippen LogP contribution in [-0.4, -0.2) is 34.7 Å². The molecule has 4 rings (SSSR count). The minimum absolute atomic E-state index is 0.173. The molecule has 0 aliphatic heterocycles. The van der Waals surface area contributed by atoms with Crippen LogP contribution in [0, 0.1) is 65.1 Å². The summed E-state index contributed by atoms with van der Waals surface area (Å²) in [6, 6.07) is 0. The van der Waals surface area contributed by atoms with Crippen LogP contribution >= 0.6 is 0 Å². The average molecular weight is 695 g/mol. The van der Waals surface area contributed by atoms with E-state index in [1.807, 2.05) is 20.8 Å². The van der Waals surface area contributed by atoms with E-state index >= 15 is 0 Å². The number of hydrogen-bond donors (Lipinski definition) is 0. The van der Waals surface area contributed by atoms with E-state index in [-0.39, 0.29) is 29.7 Å². The van der Waals surface area contributed by atoms with Crippen LogP contribution in [0.5, 0.6) is 0 Å². The molecule has 6 heteroatoms. The van der Waals surface area contributed by atoms with E-state index < -0.39 is 16.8 Å². The van der Waals surface area contributed by atoms with E-state index in [0.29, 0.717) is 34.5 Å². The second-order valence-corrected chi connectivity index (χ2v) is 14.4. The predicted molar refractivity (Wildman–Crippen MR) is 205 cm³/mol. The summed E-state index contributed by atoms with van der Waals surface area (Å²) in [6.45, 7) is 26.8. The molecule has 0 N–H and O–H groups in total. The van der Waals surface area contributed by atoms with Crippen molar-refractivity contribution < 1.29 is 28.6 Å². The molecule has 8 atom stereocenters. The highest BCUT2D eigenvalue weighted by molar-refractivity contribution is 5.88. The summed E-state index contributed by atoms with van der Waals surface area (Å²) in [4.78, 5) is 35.0. The Bertz CT molecular complexity index is 1620. The first-order valence-corrected chi connectivity index (χ1v) is 17.9. The molecule has 0 aromatic heterocycles. The maximum absolute atomic E-state index is 11.8. The van der Waals surface area contributed by atoms with Crippen LogP contribution in [0.2, 0.25) is 0 Å². The molecular formula is C45H58O6. The first-order chi connectivity index (χ1) is 23.9. The molecule has 0 radical (unpaired) electrons. The molecule has 0 saturated heterocycles. The SMILES string of the molecule is C=C(C)C(=O)OC(C)(C#CC)C1C=CCC1.C=C(C)C(=O)OC(C)(C#CC)C1C=CCCC1.C=C(C)C(=O)OC(C)(C#CC)C1CC2C=CC1C2. The molecule has 274 valence electrons. The zero-order chi connectivity index (χ0) is 38.4. The molecule has 1 saturated carbocycles. The molecule has 4 aliphatic rings. The summed E-state index contributed by atoms with van der Waals surface area (Å²) in [5.74, 6) is 18.5. The molecule has 2 bridgehead atoms. The van der Waals surface area contributed by atoms with Crippen LogP contribution in [-0.2, 0) is 28.6 Å². The van der Waals surface area contributed by atoms with Crippen molar-refractivity contribution in [2.45, 2.75) is 124 Å². The van der Waals surface area contributed by atoms with Crippen LogP contribution in [0.25, 0.3) is 0 Å². The number of carbonyl (C=O) groups is 3. The third-order valence-corrected chi connectivity index (χ3v) is 9.75. The van der Waals surface area contributed by atoms with E-state index in [4.69, 9.17) is 14.2 Å². The van der Waals surface area contributed by atoms with Crippen molar-refractivity contribution in [3.8, 4) is 35.5 Å². The Labute approximate surface area is 307 Å². The summed E-state index contributed by atoms with van der Waals surface area (Å²) in [5, 5.41) is 0. The smallest absolute Gasteiger partial charge is 0.334 e. The predicted octanol–water partition coefficient (Wildman–Crippen LogP) is 9.20. The lowest BCUT2D eigenvalue weighted by Crippen LogP contribution is -2.40. The van der Waals surface area contributed by atoms with Gasteiger partial charge in [-0.15, -0.1) is 17.8 Å². The highest BCUT2D eigenvalue weighted by atomic mass is 16.6. The van der Waals surface area contributed by atoms with E-state index in [0.717, 1.165) is 38.5 Å². The standard InChI is InChI=1S/C16H20O2.C15H20O2.C14H18O2/c1-5-8-16(4,18-15(17)11(2)3)14-10-12-6-7-13(14)9-12;1-5-11-15(4,17-14(16)12(2)3)13-9-7-6-8-10-13;1-5-10-14(4,12-8-6-7-9-12)16-13(15)11(2)3/h6-7,12-14H,2,9-10H2,1,3-4H3;7,9,13H,2,6,8,10H2,1,3-4H3;6,8,12H,2,7,9H2,1,3-4H3. The average Bonchev–Trinajstić information content (AvgIpc) is 3.86. The van der Waals surface area contributed by atoms with Crippen molar-refractivity contribution in [1.29, 1.82) is 0 Å². The van der Waals surface area contributed by atoms with Crippen LogP contribution in [0.15, 0.2) is 72.9 Å². The van der Waals surface area contributed by atoms with Gasteiger partial charge < -0.3 is 14.2 Å². The van der Waals surface area contributed by atoms with Crippen LogP contribution in [0.1, 0.15) is 107 Å². The zero-order valence-electron chi connectivity index (χ0n) is 32.4. The molecule has 4 aliphatic carbocycles. The lowest BCUT2D eigenvalue weighted by atomic mass is 9.79. The summed E-state index contributed by atoms with van der Waals surface area (Å²) in [7, 11) is 0. The van der Waals surface area contributed by atoms with Crippen molar-refractivity contribution in [3.63, 3.8) is 0 Å². The monoisotopic (exact) mass is 694 g/mol. The normalized spacial score (nSPS) is 25.2. The highest BCUT2D eigenvalue weighted by Crippen LogP contribution is 2.49. The second kappa shape index (κ2) is 19.2. The number of esters is 3. The van der Waals surface area contributed by atoms with Crippen molar-refractivity contribution in [2.75, 3.05) is 0 Å². The van der Waals surface area contributed by atoms with Gasteiger partial charge in [0.1, 0.15) is 0 Å². The molecule has 6 nitrogen and oxygen atoms in total. The first-order valence-electron chi connectivity index (χ1n) is 17.9. The topological polar surface area (TPSA) is 78.9 Å². The minimum atomic E-state index is -0.734. The van der Waals surface area contributed by atoms with Gasteiger partial charge in [-0.1, -0.05) is 74.0 Å². The van der Waals surface area contributed by atoms with Crippen molar-refractivity contribution in [3.05, 3.63) is 72.9 Å². The number of rotatable bonds is 9. The molecule has 0 heterocycles.